The largest absolute Gasteiger partial charge is 0.473 e. The van der Waals surface area contributed by atoms with Gasteiger partial charge in [-0.2, -0.15) is 10.2 Å². The number of carbonyl (C=O) groups is 1. The Hall–Kier alpha value is -3.41. The fraction of sp³-hybridized carbons (Fsp3) is 0.429. The van der Waals surface area contributed by atoms with E-state index in [9.17, 15) is 9.18 Å². The van der Waals surface area contributed by atoms with Crippen LogP contribution in [0.15, 0.2) is 30.5 Å². The van der Waals surface area contributed by atoms with E-state index >= 15 is 0 Å². The van der Waals surface area contributed by atoms with Crippen molar-refractivity contribution in [1.82, 2.24) is 14.9 Å². The summed E-state index contributed by atoms with van der Waals surface area (Å²) in [6.07, 6.45) is 1.25. The summed E-state index contributed by atoms with van der Waals surface area (Å²) in [4.78, 5) is 24.5. The minimum atomic E-state index is -0.530. The van der Waals surface area contributed by atoms with Gasteiger partial charge in [0, 0.05) is 44.0 Å². The van der Waals surface area contributed by atoms with Crippen molar-refractivity contribution in [2.75, 3.05) is 31.1 Å². The van der Waals surface area contributed by atoms with E-state index in [4.69, 9.17) is 14.7 Å². The number of anilines is 1. The van der Waals surface area contributed by atoms with Crippen molar-refractivity contribution < 1.29 is 18.7 Å². The molecule has 1 saturated heterocycles. The summed E-state index contributed by atoms with van der Waals surface area (Å²) in [5.41, 5.74) is 0.0587. The summed E-state index contributed by atoms with van der Waals surface area (Å²) in [6, 6.07) is 7.73. The number of halogens is 1. The topological polar surface area (TPSA) is 91.6 Å². The maximum absolute atomic E-state index is 14.0. The second-order valence-electron chi connectivity index (χ2n) is 7.86. The van der Waals surface area contributed by atoms with Gasteiger partial charge in [0.05, 0.1) is 11.6 Å². The van der Waals surface area contributed by atoms with Gasteiger partial charge in [0.15, 0.2) is 0 Å². The minimum absolute atomic E-state index is 0.0135. The van der Waals surface area contributed by atoms with Crippen LogP contribution in [0.25, 0.3) is 0 Å². The van der Waals surface area contributed by atoms with Gasteiger partial charge in [0.2, 0.25) is 11.8 Å². The Balaban J connectivity index is 1.57. The molecule has 158 valence electrons. The third-order valence-electron chi connectivity index (χ3n) is 4.39. The summed E-state index contributed by atoms with van der Waals surface area (Å²) in [6.45, 7) is 7.62. The molecule has 0 spiro atoms. The molecule has 9 heteroatoms. The Morgan fingerprint density at radius 1 is 1.23 bits per heavy atom. The summed E-state index contributed by atoms with van der Waals surface area (Å²) < 4.78 is 25.0. The molecule has 0 N–H and O–H groups in total. The molecule has 0 bridgehead atoms. The number of amides is 1. The molecule has 1 fully saturated rings. The van der Waals surface area contributed by atoms with E-state index in [2.05, 4.69) is 9.97 Å². The number of hydrogen-bond acceptors (Lipinski definition) is 7. The first-order chi connectivity index (χ1) is 14.2. The zero-order chi connectivity index (χ0) is 21.7. The van der Waals surface area contributed by atoms with Crippen LogP contribution < -0.4 is 9.64 Å². The molecule has 1 aromatic carbocycles. The fourth-order valence-electron chi connectivity index (χ4n) is 2.87. The Kier molecular flexibility index (Phi) is 6.35. The Morgan fingerprint density at radius 2 is 1.97 bits per heavy atom. The van der Waals surface area contributed by atoms with Crippen LogP contribution in [0, 0.1) is 17.1 Å². The molecular formula is C21H24FN5O3. The van der Waals surface area contributed by atoms with Crippen LogP contribution in [-0.4, -0.2) is 52.7 Å². The highest BCUT2D eigenvalue weighted by atomic mass is 19.1. The number of nitrogens with zero attached hydrogens (tertiary/aromatic N) is 5. The molecule has 2 aromatic rings. The number of ether oxygens (including phenoxy) is 2. The van der Waals surface area contributed by atoms with Gasteiger partial charge in [-0.05, 0) is 32.9 Å². The Labute approximate surface area is 174 Å². The predicted molar refractivity (Wildman–Crippen MR) is 107 cm³/mol. The monoisotopic (exact) mass is 413 g/mol. The summed E-state index contributed by atoms with van der Waals surface area (Å²) in [5, 5.41) is 8.81. The Bertz CT molecular complexity index is 946. The first-order valence-corrected chi connectivity index (χ1v) is 9.62. The summed E-state index contributed by atoms with van der Waals surface area (Å²) >= 11 is 0. The molecule has 2 heterocycles. The molecule has 0 unspecified atom stereocenters. The summed E-state index contributed by atoms with van der Waals surface area (Å²) in [5.74, 6) is 0.302. The van der Waals surface area contributed by atoms with Gasteiger partial charge in [0.25, 0.3) is 0 Å². The number of rotatable bonds is 4. The normalized spacial score (nSPS) is 14.2. The predicted octanol–water partition coefficient (Wildman–Crippen LogP) is 3.12. The second-order valence-corrected chi connectivity index (χ2v) is 7.86. The fourth-order valence-corrected chi connectivity index (χ4v) is 2.87. The van der Waals surface area contributed by atoms with E-state index in [0.717, 1.165) is 0 Å². The van der Waals surface area contributed by atoms with Crippen LogP contribution >= 0.6 is 0 Å². The molecule has 1 aromatic heterocycles. The smallest absolute Gasteiger partial charge is 0.410 e. The maximum Gasteiger partial charge on any atom is 0.410 e. The van der Waals surface area contributed by atoms with Crippen LogP contribution in [0.3, 0.4) is 0 Å². The quantitative estimate of drug-likeness (QED) is 0.760. The molecule has 0 radical (unpaired) electrons. The SMILES string of the molecule is CC(C)(C)OC(=O)N1CCN(c2nccc(OCc3ccc(C#N)cc3F)n2)CC1. The molecule has 1 aliphatic heterocycles. The van der Waals surface area contributed by atoms with Crippen molar-refractivity contribution in [2.24, 2.45) is 0 Å². The maximum atomic E-state index is 14.0. The van der Waals surface area contributed by atoms with Crippen LogP contribution in [-0.2, 0) is 11.3 Å². The number of nitriles is 1. The third kappa shape index (κ3) is 5.56. The van der Waals surface area contributed by atoms with Crippen LogP contribution in [0.4, 0.5) is 15.1 Å². The standard InChI is InChI=1S/C21H24FN5O3/c1-21(2,3)30-20(28)27-10-8-26(9-11-27)19-24-7-6-18(25-19)29-14-16-5-4-15(13-23)12-17(16)22/h4-7,12H,8-11,14H2,1-3H3. The molecule has 0 saturated carbocycles. The first-order valence-electron chi connectivity index (χ1n) is 9.62. The lowest BCUT2D eigenvalue weighted by Gasteiger charge is -2.35. The van der Waals surface area contributed by atoms with Crippen molar-refractivity contribution in [3.05, 3.63) is 47.4 Å². The van der Waals surface area contributed by atoms with Crippen molar-refractivity contribution in [2.45, 2.75) is 33.0 Å². The molecule has 1 amide bonds. The second kappa shape index (κ2) is 8.95. The van der Waals surface area contributed by atoms with E-state index in [1.54, 1.807) is 17.2 Å². The molecule has 1 aliphatic rings. The number of hydrogen-bond donors (Lipinski definition) is 0. The van der Waals surface area contributed by atoms with E-state index in [-0.39, 0.29) is 18.3 Å². The lowest BCUT2D eigenvalue weighted by molar-refractivity contribution is 0.0240. The zero-order valence-corrected chi connectivity index (χ0v) is 17.3. The molecule has 30 heavy (non-hydrogen) atoms. The molecule has 8 nitrogen and oxygen atoms in total. The highest BCUT2D eigenvalue weighted by Crippen LogP contribution is 2.18. The van der Waals surface area contributed by atoms with Gasteiger partial charge in [-0.25, -0.2) is 14.2 Å². The molecule has 0 atom stereocenters. The third-order valence-corrected chi connectivity index (χ3v) is 4.39. The van der Waals surface area contributed by atoms with E-state index in [0.29, 0.717) is 43.6 Å². The average molecular weight is 413 g/mol. The van der Waals surface area contributed by atoms with Crippen molar-refractivity contribution in [3.63, 3.8) is 0 Å². The van der Waals surface area contributed by atoms with Crippen molar-refractivity contribution in [1.29, 1.82) is 5.26 Å². The first kappa shape index (κ1) is 21.3. The Morgan fingerprint density at radius 3 is 2.60 bits per heavy atom. The van der Waals surface area contributed by atoms with Crippen molar-refractivity contribution in [3.8, 4) is 11.9 Å². The van der Waals surface area contributed by atoms with E-state index in [1.165, 1.54) is 18.2 Å². The van der Waals surface area contributed by atoms with Crippen molar-refractivity contribution >= 4 is 12.0 Å². The van der Waals surface area contributed by atoms with Crippen LogP contribution in [0.2, 0.25) is 0 Å². The molecular weight excluding hydrogens is 389 g/mol. The van der Waals surface area contributed by atoms with Gasteiger partial charge >= 0.3 is 6.09 Å². The van der Waals surface area contributed by atoms with Gasteiger partial charge in [-0.1, -0.05) is 6.07 Å². The lowest BCUT2D eigenvalue weighted by Crippen LogP contribution is -2.50. The molecule has 3 rings (SSSR count). The minimum Gasteiger partial charge on any atom is -0.473 e. The average Bonchev–Trinajstić information content (AvgIpc) is 2.72. The van der Waals surface area contributed by atoms with Crippen LogP contribution in [0.5, 0.6) is 5.88 Å². The highest BCUT2D eigenvalue weighted by molar-refractivity contribution is 5.68. The van der Waals surface area contributed by atoms with E-state index < -0.39 is 11.4 Å². The van der Waals surface area contributed by atoms with Crippen LogP contribution in [0.1, 0.15) is 31.9 Å². The van der Waals surface area contributed by atoms with Gasteiger partial charge in [-0.15, -0.1) is 0 Å². The number of benzene rings is 1. The number of aromatic nitrogens is 2. The zero-order valence-electron chi connectivity index (χ0n) is 17.3. The van der Waals surface area contributed by atoms with Gasteiger partial charge < -0.3 is 19.3 Å². The lowest BCUT2D eigenvalue weighted by atomic mass is 10.1. The van der Waals surface area contributed by atoms with E-state index in [1.807, 2.05) is 31.7 Å². The number of carbonyl (C=O) groups excluding carboxylic acids is 1. The molecule has 0 aliphatic carbocycles. The summed E-state index contributed by atoms with van der Waals surface area (Å²) in [7, 11) is 0. The number of piperazine rings is 1. The van der Waals surface area contributed by atoms with Gasteiger partial charge in [-0.3, -0.25) is 0 Å². The highest BCUT2D eigenvalue weighted by Gasteiger charge is 2.26. The van der Waals surface area contributed by atoms with Gasteiger partial charge in [0.1, 0.15) is 18.0 Å².